The monoisotopic (exact) mass is 332 g/mol. The van der Waals surface area contributed by atoms with Crippen LogP contribution in [0.25, 0.3) is 0 Å². The number of aryl methyl sites for hydroxylation is 1. The number of halogens is 2. The number of nitrogens with zero attached hydrogens (tertiary/aromatic N) is 3. The number of hydrogen-bond donors (Lipinski definition) is 1. The van der Waals surface area contributed by atoms with Gasteiger partial charge in [-0.25, -0.2) is 9.97 Å². The van der Waals surface area contributed by atoms with Gasteiger partial charge in [-0.15, -0.1) is 11.3 Å². The highest BCUT2D eigenvalue weighted by molar-refractivity contribution is 9.10. The zero-order valence-electron chi connectivity index (χ0n) is 9.24. The molecule has 0 spiro atoms. The van der Waals surface area contributed by atoms with Crippen LogP contribution in [0.4, 0.5) is 5.82 Å². The lowest BCUT2D eigenvalue weighted by atomic mass is 10.3. The van der Waals surface area contributed by atoms with E-state index < -0.39 is 0 Å². The first-order valence-electron chi connectivity index (χ1n) is 4.93. The Balaban J connectivity index is 2.18. The van der Waals surface area contributed by atoms with E-state index in [-0.39, 0.29) is 11.3 Å². The first kappa shape index (κ1) is 12.7. The zero-order valence-corrected chi connectivity index (χ0v) is 12.4. The second kappa shape index (κ2) is 5.29. The van der Waals surface area contributed by atoms with Gasteiger partial charge in [0.1, 0.15) is 10.8 Å². The number of hydrogen-bond acceptors (Lipinski definition) is 5. The van der Waals surface area contributed by atoms with Crippen molar-refractivity contribution in [2.45, 2.75) is 19.9 Å². The predicted octanol–water partition coefficient (Wildman–Crippen LogP) is 3.83. The molecule has 0 radical (unpaired) electrons. The largest absolute Gasteiger partial charge is 0.360 e. The van der Waals surface area contributed by atoms with Crippen LogP contribution in [0.1, 0.15) is 22.9 Å². The topological polar surface area (TPSA) is 50.7 Å². The summed E-state index contributed by atoms with van der Waals surface area (Å²) in [7, 11) is 0. The maximum Gasteiger partial charge on any atom is 0.224 e. The van der Waals surface area contributed by atoms with Crippen molar-refractivity contribution in [3.8, 4) is 0 Å². The van der Waals surface area contributed by atoms with Crippen LogP contribution in [0.5, 0.6) is 0 Å². The van der Waals surface area contributed by atoms with Gasteiger partial charge < -0.3 is 5.32 Å². The molecule has 90 valence electrons. The van der Waals surface area contributed by atoms with Gasteiger partial charge in [0.25, 0.3) is 0 Å². The zero-order chi connectivity index (χ0) is 12.4. The number of anilines is 1. The second-order valence-electron chi connectivity index (χ2n) is 3.51. The maximum atomic E-state index is 5.75. The van der Waals surface area contributed by atoms with Crippen molar-refractivity contribution in [1.29, 1.82) is 0 Å². The van der Waals surface area contributed by atoms with Gasteiger partial charge in [0, 0.05) is 17.3 Å². The molecule has 0 aliphatic heterocycles. The Morgan fingerprint density at radius 2 is 2.18 bits per heavy atom. The summed E-state index contributed by atoms with van der Waals surface area (Å²) in [6.07, 6.45) is 3.48. The third-order valence-corrected chi connectivity index (χ3v) is 3.94. The molecule has 2 rings (SSSR count). The second-order valence-corrected chi connectivity index (χ2v) is 5.97. The lowest BCUT2D eigenvalue weighted by Gasteiger charge is -2.12. The molecule has 0 aliphatic carbocycles. The van der Waals surface area contributed by atoms with Crippen LogP contribution in [-0.2, 0) is 0 Å². The van der Waals surface area contributed by atoms with Gasteiger partial charge in [-0.2, -0.15) is 4.98 Å². The highest BCUT2D eigenvalue weighted by atomic mass is 79.9. The molecule has 4 nitrogen and oxygen atoms in total. The van der Waals surface area contributed by atoms with Gasteiger partial charge in [-0.3, -0.25) is 0 Å². The molecule has 17 heavy (non-hydrogen) atoms. The Hall–Kier alpha value is -0.720. The van der Waals surface area contributed by atoms with Crippen LogP contribution in [0.2, 0.25) is 5.28 Å². The molecule has 0 amide bonds. The summed E-state index contributed by atoms with van der Waals surface area (Å²) in [4.78, 5) is 13.5. The lowest BCUT2D eigenvalue weighted by Crippen LogP contribution is -2.08. The molecule has 1 atom stereocenters. The van der Waals surface area contributed by atoms with Crippen molar-refractivity contribution in [3.05, 3.63) is 32.0 Å². The third kappa shape index (κ3) is 3.14. The minimum Gasteiger partial charge on any atom is -0.360 e. The first-order chi connectivity index (χ1) is 8.06. The highest BCUT2D eigenvalue weighted by Gasteiger charge is 2.12. The van der Waals surface area contributed by atoms with Crippen LogP contribution >= 0.6 is 38.9 Å². The van der Waals surface area contributed by atoms with E-state index in [4.69, 9.17) is 11.6 Å². The fourth-order valence-electron chi connectivity index (χ4n) is 1.29. The fourth-order valence-corrected chi connectivity index (χ4v) is 2.50. The average molecular weight is 334 g/mol. The third-order valence-electron chi connectivity index (χ3n) is 2.08. The first-order valence-corrected chi connectivity index (χ1v) is 6.92. The average Bonchev–Trinajstić information content (AvgIpc) is 2.70. The maximum absolute atomic E-state index is 5.75. The Labute approximate surface area is 117 Å². The summed E-state index contributed by atoms with van der Waals surface area (Å²) < 4.78 is 0.780. The van der Waals surface area contributed by atoms with Gasteiger partial charge in [0.2, 0.25) is 5.28 Å². The molecule has 0 fully saturated rings. The molecule has 2 aromatic heterocycles. The molecule has 1 N–H and O–H groups in total. The molecule has 2 aromatic rings. The minimum absolute atomic E-state index is 0.0796. The molecule has 1 unspecified atom stereocenters. The van der Waals surface area contributed by atoms with Gasteiger partial charge in [0.15, 0.2) is 0 Å². The van der Waals surface area contributed by atoms with Crippen molar-refractivity contribution >= 4 is 44.7 Å². The van der Waals surface area contributed by atoms with Gasteiger partial charge >= 0.3 is 0 Å². The van der Waals surface area contributed by atoms with Crippen molar-refractivity contribution in [1.82, 2.24) is 15.0 Å². The van der Waals surface area contributed by atoms with Crippen molar-refractivity contribution in [2.24, 2.45) is 0 Å². The van der Waals surface area contributed by atoms with Crippen LogP contribution < -0.4 is 5.32 Å². The summed E-state index contributed by atoms with van der Waals surface area (Å²) in [5.41, 5.74) is 0. The SMILES string of the molecule is Cc1cnc(C(C)Nc2nc(Cl)ncc2Br)s1. The summed E-state index contributed by atoms with van der Waals surface area (Å²) in [6.45, 7) is 4.06. The van der Waals surface area contributed by atoms with Crippen LogP contribution in [-0.4, -0.2) is 15.0 Å². The van der Waals surface area contributed by atoms with E-state index in [1.165, 1.54) is 4.88 Å². The summed E-state index contributed by atoms with van der Waals surface area (Å²) in [5.74, 6) is 0.672. The molecule has 2 heterocycles. The van der Waals surface area contributed by atoms with E-state index in [0.717, 1.165) is 9.48 Å². The van der Waals surface area contributed by atoms with E-state index in [1.54, 1.807) is 17.5 Å². The predicted molar refractivity (Wildman–Crippen MR) is 73.6 cm³/mol. The van der Waals surface area contributed by atoms with Crippen LogP contribution in [0.15, 0.2) is 16.9 Å². The summed E-state index contributed by atoms with van der Waals surface area (Å²) in [5, 5.41) is 4.48. The normalized spacial score (nSPS) is 12.5. The fraction of sp³-hybridized carbons (Fsp3) is 0.300. The summed E-state index contributed by atoms with van der Waals surface area (Å²) in [6, 6.07) is 0.0796. The smallest absolute Gasteiger partial charge is 0.224 e. The molecule has 7 heteroatoms. The number of rotatable bonds is 3. The molecule has 0 bridgehead atoms. The molecule has 0 saturated heterocycles. The van der Waals surface area contributed by atoms with E-state index >= 15 is 0 Å². The number of aromatic nitrogens is 3. The number of nitrogens with one attached hydrogen (secondary N) is 1. The highest BCUT2D eigenvalue weighted by Crippen LogP contribution is 2.26. The molecule has 0 aromatic carbocycles. The number of thiazole rings is 1. The Kier molecular flexibility index (Phi) is 3.96. The van der Waals surface area contributed by atoms with Crippen LogP contribution in [0.3, 0.4) is 0 Å². The molecule has 0 aliphatic rings. The Morgan fingerprint density at radius 3 is 2.82 bits per heavy atom. The van der Waals surface area contributed by atoms with Crippen molar-refractivity contribution < 1.29 is 0 Å². The quantitative estimate of drug-likeness (QED) is 0.867. The van der Waals surface area contributed by atoms with E-state index in [0.29, 0.717) is 5.82 Å². The van der Waals surface area contributed by atoms with E-state index in [1.807, 2.05) is 20.0 Å². The van der Waals surface area contributed by atoms with Crippen molar-refractivity contribution in [2.75, 3.05) is 5.32 Å². The van der Waals surface area contributed by atoms with E-state index in [9.17, 15) is 0 Å². The van der Waals surface area contributed by atoms with Gasteiger partial charge in [0.05, 0.1) is 10.5 Å². The molecule has 0 saturated carbocycles. The molecular weight excluding hydrogens is 324 g/mol. The summed E-state index contributed by atoms with van der Waals surface area (Å²) >= 11 is 10.8. The van der Waals surface area contributed by atoms with Gasteiger partial charge in [-0.05, 0) is 41.4 Å². The lowest BCUT2D eigenvalue weighted by molar-refractivity contribution is 0.856. The van der Waals surface area contributed by atoms with E-state index in [2.05, 4.69) is 36.2 Å². The van der Waals surface area contributed by atoms with Gasteiger partial charge in [-0.1, -0.05) is 0 Å². The van der Waals surface area contributed by atoms with Crippen LogP contribution in [0, 0.1) is 6.92 Å². The molecular formula is C10H10BrClN4S. The minimum atomic E-state index is 0.0796. The van der Waals surface area contributed by atoms with Crippen molar-refractivity contribution in [3.63, 3.8) is 0 Å². The standard InChI is InChI=1S/C10H10BrClN4S/c1-5-3-13-9(17-5)6(2)15-8-7(11)4-14-10(12)16-8/h3-4,6H,1-2H3,(H,14,15,16). The Bertz CT molecular complexity index is 531. The Morgan fingerprint density at radius 1 is 1.41 bits per heavy atom.